The van der Waals surface area contributed by atoms with E-state index in [9.17, 15) is 13.2 Å². The number of hydrogen-bond donors (Lipinski definition) is 1. The first-order valence-corrected chi connectivity index (χ1v) is 12.9. The fourth-order valence-electron chi connectivity index (χ4n) is 4.81. The number of nitrogens with one attached hydrogen (secondary N) is 1. The summed E-state index contributed by atoms with van der Waals surface area (Å²) in [5, 5.41) is 3.06. The summed E-state index contributed by atoms with van der Waals surface area (Å²) in [6.07, 6.45) is 5.82. The maximum Gasteiger partial charge on any atom is 0.264 e. The van der Waals surface area contributed by atoms with Crippen molar-refractivity contribution in [1.29, 1.82) is 0 Å². The first-order chi connectivity index (χ1) is 16.4. The minimum Gasteiger partial charge on any atom is -0.348 e. The molecule has 1 aromatic heterocycles. The summed E-state index contributed by atoms with van der Waals surface area (Å²) in [7, 11) is -3.81. The Kier molecular flexibility index (Phi) is 5.95. The average Bonchev–Trinajstić information content (AvgIpc) is 3.21. The second kappa shape index (κ2) is 9.06. The minimum atomic E-state index is -3.81. The van der Waals surface area contributed by atoms with Crippen molar-refractivity contribution in [2.45, 2.75) is 43.2 Å². The van der Waals surface area contributed by atoms with E-state index in [0.717, 1.165) is 24.9 Å². The van der Waals surface area contributed by atoms with Gasteiger partial charge in [0.2, 0.25) is 5.95 Å². The topological polar surface area (TPSA) is 95.5 Å². The Balaban J connectivity index is 1.33. The highest BCUT2D eigenvalue weighted by Gasteiger charge is 2.36. The van der Waals surface area contributed by atoms with Crippen molar-refractivity contribution in [3.05, 3.63) is 78.1 Å². The van der Waals surface area contributed by atoms with Gasteiger partial charge in [0, 0.05) is 43.1 Å². The van der Waals surface area contributed by atoms with Crippen LogP contribution in [0.3, 0.4) is 0 Å². The van der Waals surface area contributed by atoms with E-state index in [1.54, 1.807) is 36.7 Å². The largest absolute Gasteiger partial charge is 0.348 e. The molecule has 1 saturated heterocycles. The molecule has 2 aliphatic rings. The molecule has 34 heavy (non-hydrogen) atoms. The van der Waals surface area contributed by atoms with Crippen molar-refractivity contribution in [1.82, 2.24) is 15.3 Å². The fraction of sp³-hybridized carbons (Fsp3) is 0.320. The number of nitrogens with zero attached hydrogens (tertiary/aromatic N) is 4. The molecule has 9 heteroatoms. The lowest BCUT2D eigenvalue weighted by atomic mass is 10.1. The zero-order valence-corrected chi connectivity index (χ0v) is 19.8. The number of benzene rings is 2. The van der Waals surface area contributed by atoms with E-state index in [-0.39, 0.29) is 22.9 Å². The number of piperidine rings is 1. The summed E-state index contributed by atoms with van der Waals surface area (Å²) < 4.78 is 28.6. The molecule has 1 N–H and O–H groups in total. The van der Waals surface area contributed by atoms with Crippen LogP contribution in [0.25, 0.3) is 0 Å². The highest BCUT2D eigenvalue weighted by atomic mass is 32.2. The van der Waals surface area contributed by atoms with E-state index in [1.807, 2.05) is 31.2 Å². The van der Waals surface area contributed by atoms with Crippen molar-refractivity contribution >= 4 is 27.6 Å². The van der Waals surface area contributed by atoms with Gasteiger partial charge in [-0.05, 0) is 62.1 Å². The van der Waals surface area contributed by atoms with Crippen LogP contribution in [0.15, 0.2) is 71.9 Å². The normalized spacial score (nSPS) is 20.1. The number of sulfonamides is 1. The molecule has 176 valence electrons. The van der Waals surface area contributed by atoms with E-state index < -0.39 is 10.0 Å². The third-order valence-corrected chi connectivity index (χ3v) is 8.31. The number of amides is 1. The van der Waals surface area contributed by atoms with E-state index in [1.165, 1.54) is 10.4 Å². The maximum absolute atomic E-state index is 13.5. The van der Waals surface area contributed by atoms with Gasteiger partial charge in [0.25, 0.3) is 15.9 Å². The van der Waals surface area contributed by atoms with Crippen LogP contribution in [0.4, 0.5) is 11.6 Å². The predicted molar refractivity (Wildman–Crippen MR) is 130 cm³/mol. The second-order valence-corrected chi connectivity index (χ2v) is 10.6. The monoisotopic (exact) mass is 477 g/mol. The molecule has 2 aliphatic heterocycles. The lowest BCUT2D eigenvalue weighted by molar-refractivity contribution is 0.0933. The summed E-state index contributed by atoms with van der Waals surface area (Å²) in [6, 6.07) is 15.4. The Bertz CT molecular complexity index is 1300. The molecule has 8 nitrogen and oxygen atoms in total. The molecule has 0 aliphatic carbocycles. The fourth-order valence-corrected chi connectivity index (χ4v) is 6.55. The van der Waals surface area contributed by atoms with Crippen molar-refractivity contribution in [3.8, 4) is 0 Å². The summed E-state index contributed by atoms with van der Waals surface area (Å²) in [5.74, 6) is 0.363. The molecule has 2 atom stereocenters. The molecular formula is C25H27N5O3S. The smallest absolute Gasteiger partial charge is 0.264 e. The first kappa shape index (κ1) is 22.3. The third kappa shape index (κ3) is 4.23. The van der Waals surface area contributed by atoms with Gasteiger partial charge < -0.3 is 10.2 Å². The molecule has 2 aromatic carbocycles. The van der Waals surface area contributed by atoms with Gasteiger partial charge in [-0.2, -0.15) is 0 Å². The van der Waals surface area contributed by atoms with Crippen molar-refractivity contribution < 1.29 is 13.2 Å². The van der Waals surface area contributed by atoms with Crippen LogP contribution in [0.2, 0.25) is 0 Å². The van der Waals surface area contributed by atoms with Gasteiger partial charge in [-0.1, -0.05) is 24.3 Å². The minimum absolute atomic E-state index is 0.0733. The molecule has 0 bridgehead atoms. The highest BCUT2D eigenvalue weighted by molar-refractivity contribution is 7.92. The Morgan fingerprint density at radius 1 is 1.06 bits per heavy atom. The molecule has 0 radical (unpaired) electrons. The lowest BCUT2D eigenvalue weighted by Crippen LogP contribution is -2.48. The number of carbonyl (C=O) groups excluding carboxylic acids is 1. The van der Waals surface area contributed by atoms with Gasteiger partial charge in [0.15, 0.2) is 0 Å². The van der Waals surface area contributed by atoms with Gasteiger partial charge >= 0.3 is 0 Å². The van der Waals surface area contributed by atoms with Crippen molar-refractivity contribution in [2.75, 3.05) is 22.3 Å². The van der Waals surface area contributed by atoms with Crippen molar-refractivity contribution in [2.24, 2.45) is 0 Å². The van der Waals surface area contributed by atoms with E-state index in [2.05, 4.69) is 20.2 Å². The molecular weight excluding hydrogens is 450 g/mol. The van der Waals surface area contributed by atoms with Crippen LogP contribution in [0.5, 0.6) is 0 Å². The highest BCUT2D eigenvalue weighted by Crippen LogP contribution is 2.36. The zero-order valence-electron chi connectivity index (χ0n) is 19.0. The van der Waals surface area contributed by atoms with Gasteiger partial charge in [-0.25, -0.2) is 18.4 Å². The second-order valence-electron chi connectivity index (χ2n) is 8.82. The number of aromatic nitrogens is 2. The number of rotatable bonds is 5. The van der Waals surface area contributed by atoms with Gasteiger partial charge in [0.1, 0.15) is 0 Å². The summed E-state index contributed by atoms with van der Waals surface area (Å²) >= 11 is 0. The molecule has 0 spiro atoms. The number of para-hydroxylation sites is 1. The number of carbonyl (C=O) groups is 1. The standard InChI is InChI=1S/C25H27N5O3S/c1-18-15-19-7-2-3-11-23(19)30(18)34(32,33)22-10-4-8-20(16-22)24(31)28-21-9-5-14-29(17-21)25-26-12-6-13-27-25/h2-4,6-8,10-13,16,18,21H,5,9,14-15,17H2,1H3,(H,28,31). The van der Waals surface area contributed by atoms with E-state index >= 15 is 0 Å². The molecule has 3 heterocycles. The zero-order chi connectivity index (χ0) is 23.7. The first-order valence-electron chi connectivity index (χ1n) is 11.5. The summed E-state index contributed by atoms with van der Waals surface area (Å²) in [5.41, 5.74) is 2.04. The van der Waals surface area contributed by atoms with Crippen LogP contribution in [0.1, 0.15) is 35.7 Å². The van der Waals surface area contributed by atoms with E-state index in [4.69, 9.17) is 0 Å². The SMILES string of the molecule is CC1Cc2ccccc2N1S(=O)(=O)c1cccc(C(=O)NC2CCCN(c3ncccn3)C2)c1. The summed E-state index contributed by atoms with van der Waals surface area (Å²) in [4.78, 5) is 23.8. The van der Waals surface area contributed by atoms with Gasteiger partial charge in [-0.15, -0.1) is 0 Å². The quantitative estimate of drug-likeness (QED) is 0.607. The molecule has 3 aromatic rings. The Hall–Kier alpha value is -3.46. The molecule has 1 amide bonds. The average molecular weight is 478 g/mol. The molecule has 1 fully saturated rings. The lowest BCUT2D eigenvalue weighted by Gasteiger charge is -2.33. The Morgan fingerprint density at radius 2 is 1.85 bits per heavy atom. The summed E-state index contributed by atoms with van der Waals surface area (Å²) in [6.45, 7) is 3.34. The van der Waals surface area contributed by atoms with Gasteiger partial charge in [-0.3, -0.25) is 9.10 Å². The Morgan fingerprint density at radius 3 is 2.68 bits per heavy atom. The van der Waals surface area contributed by atoms with Crippen LogP contribution in [0, 0.1) is 0 Å². The molecule has 5 rings (SSSR count). The predicted octanol–water partition coefficient (Wildman–Crippen LogP) is 3.02. The molecule has 2 unspecified atom stereocenters. The number of anilines is 2. The number of fused-ring (bicyclic) bond motifs is 1. The van der Waals surface area contributed by atoms with Crippen molar-refractivity contribution in [3.63, 3.8) is 0 Å². The van der Waals surface area contributed by atoms with Gasteiger partial charge in [0.05, 0.1) is 10.6 Å². The van der Waals surface area contributed by atoms with Crippen LogP contribution in [-0.4, -0.2) is 49.5 Å². The van der Waals surface area contributed by atoms with Crippen LogP contribution < -0.4 is 14.5 Å². The van der Waals surface area contributed by atoms with Crippen LogP contribution in [-0.2, 0) is 16.4 Å². The maximum atomic E-state index is 13.5. The molecule has 0 saturated carbocycles. The number of hydrogen-bond acceptors (Lipinski definition) is 6. The van der Waals surface area contributed by atoms with E-state index in [0.29, 0.717) is 30.2 Å². The third-order valence-electron chi connectivity index (χ3n) is 6.39. The van der Waals surface area contributed by atoms with Crippen LogP contribution >= 0.6 is 0 Å². The Labute approximate surface area is 199 Å².